The van der Waals surface area contributed by atoms with Crippen molar-refractivity contribution in [1.29, 1.82) is 0 Å². The second-order valence-corrected chi connectivity index (χ2v) is 5.97. The van der Waals surface area contributed by atoms with Gasteiger partial charge in [-0.1, -0.05) is 0 Å². The number of benzene rings is 2. The number of aromatic hydroxyl groups is 1. The molecule has 7 heteroatoms. The molecule has 1 atom stereocenters. The molecular formula is C18H19FN2O4. The number of ether oxygens (including phenoxy) is 2. The van der Waals surface area contributed by atoms with E-state index in [1.807, 2.05) is 13.8 Å². The highest BCUT2D eigenvalue weighted by Crippen LogP contribution is 2.31. The first-order valence-electron chi connectivity index (χ1n) is 7.93. The number of nitrogens with one attached hydrogen (secondary N) is 2. The number of phenolic OH excluding ortho intramolecular Hbond substituents is 1. The summed E-state index contributed by atoms with van der Waals surface area (Å²) in [5.74, 6) is -0.281. The fourth-order valence-corrected chi connectivity index (χ4v) is 2.45. The molecule has 1 amide bonds. The van der Waals surface area contributed by atoms with E-state index in [1.165, 1.54) is 18.2 Å². The van der Waals surface area contributed by atoms with E-state index in [1.54, 1.807) is 18.2 Å². The van der Waals surface area contributed by atoms with Crippen LogP contribution in [0.25, 0.3) is 0 Å². The van der Waals surface area contributed by atoms with Gasteiger partial charge in [-0.3, -0.25) is 4.79 Å². The zero-order valence-corrected chi connectivity index (χ0v) is 13.9. The van der Waals surface area contributed by atoms with Crippen molar-refractivity contribution < 1.29 is 23.8 Å². The Labute approximate surface area is 144 Å². The molecule has 0 saturated carbocycles. The molecule has 1 aliphatic rings. The minimum atomic E-state index is -0.817. The fourth-order valence-electron chi connectivity index (χ4n) is 2.45. The highest BCUT2D eigenvalue weighted by Gasteiger charge is 2.26. The number of fused-ring (bicyclic) bond motifs is 1. The van der Waals surface area contributed by atoms with Gasteiger partial charge in [0.1, 0.15) is 11.6 Å². The zero-order valence-electron chi connectivity index (χ0n) is 13.9. The van der Waals surface area contributed by atoms with Crippen LogP contribution in [0.3, 0.4) is 0 Å². The van der Waals surface area contributed by atoms with Gasteiger partial charge in [-0.2, -0.15) is 0 Å². The third kappa shape index (κ3) is 3.93. The van der Waals surface area contributed by atoms with E-state index in [0.717, 1.165) is 0 Å². The van der Waals surface area contributed by atoms with Crippen molar-refractivity contribution in [3.8, 4) is 17.2 Å². The SMILES string of the molecule is CC(C)Oc1ccc(NC(=O)C2CNc3ccc(F)cc3O2)cc1O. The Hall–Kier alpha value is -2.96. The van der Waals surface area contributed by atoms with E-state index in [9.17, 15) is 14.3 Å². The third-order valence-corrected chi connectivity index (χ3v) is 3.57. The van der Waals surface area contributed by atoms with E-state index in [-0.39, 0.29) is 24.1 Å². The summed E-state index contributed by atoms with van der Waals surface area (Å²) in [6.45, 7) is 3.96. The van der Waals surface area contributed by atoms with Gasteiger partial charge in [0.15, 0.2) is 17.6 Å². The standard InChI is InChI=1S/C18H19FN2O4/c1-10(2)24-15-6-4-12(8-14(15)22)21-18(23)17-9-20-13-5-3-11(19)7-16(13)25-17/h3-8,10,17,20,22H,9H2,1-2H3,(H,21,23). The Bertz CT molecular complexity index is 795. The smallest absolute Gasteiger partial charge is 0.267 e. The molecular weight excluding hydrogens is 327 g/mol. The van der Waals surface area contributed by atoms with Crippen LogP contribution in [-0.4, -0.2) is 29.8 Å². The molecule has 3 rings (SSSR count). The van der Waals surface area contributed by atoms with E-state index >= 15 is 0 Å². The highest BCUT2D eigenvalue weighted by molar-refractivity contribution is 5.95. The number of carbonyl (C=O) groups is 1. The Morgan fingerprint density at radius 1 is 1.36 bits per heavy atom. The summed E-state index contributed by atoms with van der Waals surface area (Å²) >= 11 is 0. The van der Waals surface area contributed by atoms with Crippen LogP contribution in [0.1, 0.15) is 13.8 Å². The zero-order chi connectivity index (χ0) is 18.0. The summed E-state index contributed by atoms with van der Waals surface area (Å²) in [5.41, 5.74) is 1.05. The summed E-state index contributed by atoms with van der Waals surface area (Å²) in [6, 6.07) is 8.71. The van der Waals surface area contributed by atoms with Gasteiger partial charge in [-0.25, -0.2) is 4.39 Å². The van der Waals surface area contributed by atoms with Crippen LogP contribution >= 0.6 is 0 Å². The number of carbonyl (C=O) groups excluding carboxylic acids is 1. The minimum Gasteiger partial charge on any atom is -0.504 e. The molecule has 1 unspecified atom stereocenters. The number of hydrogen-bond acceptors (Lipinski definition) is 5. The minimum absolute atomic E-state index is 0.0680. The van der Waals surface area contributed by atoms with Gasteiger partial charge in [0.25, 0.3) is 5.91 Å². The normalized spacial score (nSPS) is 15.8. The molecule has 2 aromatic rings. The van der Waals surface area contributed by atoms with Crippen LogP contribution < -0.4 is 20.1 Å². The van der Waals surface area contributed by atoms with Gasteiger partial charge in [0.2, 0.25) is 0 Å². The quantitative estimate of drug-likeness (QED) is 0.793. The Morgan fingerprint density at radius 2 is 2.16 bits per heavy atom. The maximum absolute atomic E-state index is 13.3. The topological polar surface area (TPSA) is 79.8 Å². The monoisotopic (exact) mass is 346 g/mol. The van der Waals surface area contributed by atoms with Gasteiger partial charge < -0.3 is 25.2 Å². The Kier molecular flexibility index (Phi) is 4.65. The van der Waals surface area contributed by atoms with Crippen molar-refractivity contribution >= 4 is 17.3 Å². The summed E-state index contributed by atoms with van der Waals surface area (Å²) in [5, 5.41) is 15.7. The lowest BCUT2D eigenvalue weighted by atomic mass is 10.2. The van der Waals surface area contributed by atoms with Crippen LogP contribution in [0.2, 0.25) is 0 Å². The third-order valence-electron chi connectivity index (χ3n) is 3.57. The number of phenols is 1. The molecule has 132 valence electrons. The van der Waals surface area contributed by atoms with Crippen LogP contribution in [0, 0.1) is 5.82 Å². The number of anilines is 2. The van der Waals surface area contributed by atoms with Crippen LogP contribution in [0.4, 0.5) is 15.8 Å². The lowest BCUT2D eigenvalue weighted by Gasteiger charge is -2.26. The summed E-state index contributed by atoms with van der Waals surface area (Å²) in [6.07, 6.45) is -0.892. The fraction of sp³-hybridized carbons (Fsp3) is 0.278. The van der Waals surface area contributed by atoms with Gasteiger partial charge in [0, 0.05) is 17.8 Å². The average Bonchev–Trinajstić information content (AvgIpc) is 2.56. The van der Waals surface area contributed by atoms with Gasteiger partial charge in [0.05, 0.1) is 18.3 Å². The average molecular weight is 346 g/mol. The molecule has 3 N–H and O–H groups in total. The van der Waals surface area contributed by atoms with Gasteiger partial charge in [-0.05, 0) is 38.1 Å². The first kappa shape index (κ1) is 16.9. The number of rotatable bonds is 4. The molecule has 0 fully saturated rings. The first-order valence-corrected chi connectivity index (χ1v) is 7.93. The summed E-state index contributed by atoms with van der Waals surface area (Å²) in [7, 11) is 0. The maximum atomic E-state index is 13.3. The molecule has 0 aliphatic carbocycles. The van der Waals surface area contributed by atoms with E-state index < -0.39 is 17.8 Å². The second-order valence-electron chi connectivity index (χ2n) is 5.97. The van der Waals surface area contributed by atoms with E-state index in [0.29, 0.717) is 17.1 Å². The van der Waals surface area contributed by atoms with E-state index in [2.05, 4.69) is 10.6 Å². The molecule has 0 spiro atoms. The van der Waals surface area contributed by atoms with Gasteiger partial charge in [-0.15, -0.1) is 0 Å². The van der Waals surface area contributed by atoms with Crippen molar-refractivity contribution in [3.05, 3.63) is 42.2 Å². The Balaban J connectivity index is 1.67. The lowest BCUT2D eigenvalue weighted by Crippen LogP contribution is -2.41. The van der Waals surface area contributed by atoms with Crippen molar-refractivity contribution in [1.82, 2.24) is 0 Å². The number of hydrogen-bond donors (Lipinski definition) is 3. The molecule has 0 bridgehead atoms. The largest absolute Gasteiger partial charge is 0.504 e. The van der Waals surface area contributed by atoms with Crippen LogP contribution in [0.15, 0.2) is 36.4 Å². The maximum Gasteiger partial charge on any atom is 0.267 e. The van der Waals surface area contributed by atoms with Crippen molar-refractivity contribution in [2.75, 3.05) is 17.2 Å². The summed E-state index contributed by atoms with van der Waals surface area (Å²) < 4.78 is 24.3. The predicted octanol–water partition coefficient (Wildman–Crippen LogP) is 3.13. The molecule has 25 heavy (non-hydrogen) atoms. The second kappa shape index (κ2) is 6.88. The van der Waals surface area contributed by atoms with Crippen molar-refractivity contribution in [3.63, 3.8) is 0 Å². The lowest BCUT2D eigenvalue weighted by molar-refractivity contribution is -0.122. The Morgan fingerprint density at radius 3 is 2.88 bits per heavy atom. The van der Waals surface area contributed by atoms with Crippen molar-refractivity contribution in [2.24, 2.45) is 0 Å². The van der Waals surface area contributed by atoms with Crippen LogP contribution in [0.5, 0.6) is 17.2 Å². The van der Waals surface area contributed by atoms with Crippen molar-refractivity contribution in [2.45, 2.75) is 26.1 Å². The number of halogens is 1. The first-order chi connectivity index (χ1) is 11.9. The van der Waals surface area contributed by atoms with Gasteiger partial charge >= 0.3 is 0 Å². The molecule has 1 aliphatic heterocycles. The molecule has 2 aromatic carbocycles. The molecule has 1 heterocycles. The van der Waals surface area contributed by atoms with E-state index in [4.69, 9.17) is 9.47 Å². The molecule has 0 radical (unpaired) electrons. The molecule has 0 saturated heterocycles. The molecule has 6 nitrogen and oxygen atoms in total. The van der Waals surface area contributed by atoms with Crippen LogP contribution in [-0.2, 0) is 4.79 Å². The molecule has 0 aromatic heterocycles. The predicted molar refractivity (Wildman–Crippen MR) is 91.8 cm³/mol. The summed E-state index contributed by atoms with van der Waals surface area (Å²) in [4.78, 5) is 12.4. The highest BCUT2D eigenvalue weighted by atomic mass is 19.1. The number of amides is 1.